The fourth-order valence-electron chi connectivity index (χ4n) is 5.86. The standard InChI is InChI=1S/C47H83N2O6P/c1-3-5-7-9-11-13-15-17-19-21-23-25-27-29-31-33-35-37-39-41-47(51)49-45(44-55-56(52,53)54-43-42-48)46(50)40-38-36-34-32-30-28-26-24-22-20-18-16-14-12-10-8-6-4-2/h5,7,11,13,17,19,22-25,30,32,38,40,45-46,50H,3-4,6,8-10,12,14-16,18,20-21,26-29,31,33-37,39,41-44,48H2,1-2H3,(H,49,51)(H,52,53)/b7-5-,13-11-,19-17-,24-22+,25-23-,32-30+,40-38+. The van der Waals surface area contributed by atoms with E-state index in [1.54, 1.807) is 6.08 Å². The highest BCUT2D eigenvalue weighted by Crippen LogP contribution is 2.43. The van der Waals surface area contributed by atoms with Crippen molar-refractivity contribution in [3.63, 3.8) is 0 Å². The average molecular weight is 803 g/mol. The van der Waals surface area contributed by atoms with Gasteiger partial charge in [-0.15, -0.1) is 0 Å². The quantitative estimate of drug-likeness (QED) is 0.0276. The van der Waals surface area contributed by atoms with E-state index in [0.717, 1.165) is 83.5 Å². The average Bonchev–Trinajstić information content (AvgIpc) is 3.19. The Balaban J connectivity index is 4.33. The van der Waals surface area contributed by atoms with Crippen LogP contribution in [0.3, 0.4) is 0 Å². The van der Waals surface area contributed by atoms with Crippen molar-refractivity contribution in [2.75, 3.05) is 19.8 Å². The molecule has 0 aliphatic rings. The highest BCUT2D eigenvalue weighted by atomic mass is 31.2. The van der Waals surface area contributed by atoms with Gasteiger partial charge in [0.15, 0.2) is 0 Å². The maximum Gasteiger partial charge on any atom is 0.472 e. The van der Waals surface area contributed by atoms with Crippen LogP contribution in [0, 0.1) is 0 Å². The van der Waals surface area contributed by atoms with Crippen molar-refractivity contribution >= 4 is 13.7 Å². The van der Waals surface area contributed by atoms with Crippen molar-refractivity contribution in [2.24, 2.45) is 5.73 Å². The molecule has 9 heteroatoms. The van der Waals surface area contributed by atoms with E-state index < -0.39 is 20.0 Å². The zero-order valence-electron chi connectivity index (χ0n) is 35.6. The smallest absolute Gasteiger partial charge is 0.387 e. The van der Waals surface area contributed by atoms with E-state index in [4.69, 9.17) is 14.8 Å². The van der Waals surface area contributed by atoms with Gasteiger partial charge in [-0.05, 0) is 83.5 Å². The summed E-state index contributed by atoms with van der Waals surface area (Å²) in [5.41, 5.74) is 5.37. The maximum absolute atomic E-state index is 12.8. The Hall–Kier alpha value is -2.32. The van der Waals surface area contributed by atoms with E-state index in [-0.39, 0.29) is 25.7 Å². The van der Waals surface area contributed by atoms with Crippen LogP contribution in [0.5, 0.6) is 0 Å². The molecule has 0 radical (unpaired) electrons. The molecule has 0 heterocycles. The molecule has 3 unspecified atom stereocenters. The number of allylic oxidation sites excluding steroid dienone is 13. The highest BCUT2D eigenvalue weighted by Gasteiger charge is 2.26. The van der Waals surface area contributed by atoms with Crippen LogP contribution in [0.4, 0.5) is 0 Å². The lowest BCUT2D eigenvalue weighted by molar-refractivity contribution is -0.123. The van der Waals surface area contributed by atoms with Gasteiger partial charge in [-0.2, -0.15) is 0 Å². The minimum Gasteiger partial charge on any atom is -0.387 e. The fourth-order valence-corrected chi connectivity index (χ4v) is 6.62. The minimum absolute atomic E-state index is 0.0647. The predicted octanol–water partition coefficient (Wildman–Crippen LogP) is 12.6. The number of carbonyl (C=O) groups excluding carboxylic acids is 1. The first kappa shape index (κ1) is 53.7. The van der Waals surface area contributed by atoms with E-state index >= 15 is 0 Å². The van der Waals surface area contributed by atoms with Gasteiger partial charge >= 0.3 is 7.82 Å². The third kappa shape index (κ3) is 39.9. The van der Waals surface area contributed by atoms with Crippen molar-refractivity contribution in [1.82, 2.24) is 5.32 Å². The number of phosphoric acid groups is 1. The predicted molar refractivity (Wildman–Crippen MR) is 239 cm³/mol. The Kier molecular flexibility index (Phi) is 40.5. The molecule has 0 rings (SSSR count). The van der Waals surface area contributed by atoms with E-state index in [1.807, 2.05) is 6.08 Å². The summed E-state index contributed by atoms with van der Waals surface area (Å²) in [6.45, 7) is 3.96. The fraction of sp³-hybridized carbons (Fsp3) is 0.681. The van der Waals surface area contributed by atoms with Crippen LogP contribution >= 0.6 is 7.82 Å². The van der Waals surface area contributed by atoms with Gasteiger partial charge in [0.25, 0.3) is 0 Å². The summed E-state index contributed by atoms with van der Waals surface area (Å²) in [5, 5.41) is 13.6. The van der Waals surface area contributed by atoms with Crippen molar-refractivity contribution in [3.8, 4) is 0 Å². The second kappa shape index (κ2) is 42.3. The van der Waals surface area contributed by atoms with Crippen LogP contribution in [0.2, 0.25) is 0 Å². The summed E-state index contributed by atoms with van der Waals surface area (Å²) in [4.78, 5) is 22.7. The Morgan fingerprint density at radius 1 is 0.607 bits per heavy atom. The van der Waals surface area contributed by atoms with Crippen molar-refractivity contribution in [1.29, 1.82) is 0 Å². The van der Waals surface area contributed by atoms with Gasteiger partial charge in [0.1, 0.15) is 0 Å². The molecular formula is C47H83N2O6P. The van der Waals surface area contributed by atoms with Gasteiger partial charge in [0.2, 0.25) is 5.91 Å². The molecule has 0 spiro atoms. The van der Waals surface area contributed by atoms with Crippen LogP contribution in [-0.4, -0.2) is 47.8 Å². The number of carbonyl (C=O) groups is 1. The molecule has 56 heavy (non-hydrogen) atoms. The molecule has 0 fully saturated rings. The molecule has 0 aliphatic carbocycles. The van der Waals surface area contributed by atoms with Gasteiger partial charge in [0, 0.05) is 13.0 Å². The summed E-state index contributed by atoms with van der Waals surface area (Å²) in [5.74, 6) is -0.226. The maximum atomic E-state index is 12.8. The molecule has 0 aromatic rings. The number of nitrogens with one attached hydrogen (secondary N) is 1. The number of rotatable bonds is 40. The van der Waals surface area contributed by atoms with Crippen LogP contribution in [0.25, 0.3) is 0 Å². The summed E-state index contributed by atoms with van der Waals surface area (Å²) in [6, 6.07) is -0.896. The normalized spacial score (nSPS) is 14.9. The van der Waals surface area contributed by atoms with Crippen LogP contribution in [0.1, 0.15) is 174 Å². The van der Waals surface area contributed by atoms with Gasteiger partial charge in [-0.1, -0.05) is 170 Å². The van der Waals surface area contributed by atoms with Gasteiger partial charge < -0.3 is 21.1 Å². The molecule has 0 bridgehead atoms. The summed E-state index contributed by atoms with van der Waals surface area (Å²) in [7, 11) is -4.36. The molecule has 3 atom stereocenters. The van der Waals surface area contributed by atoms with E-state index in [1.165, 1.54) is 70.6 Å². The van der Waals surface area contributed by atoms with Gasteiger partial charge in [-0.25, -0.2) is 4.57 Å². The first-order chi connectivity index (χ1) is 27.4. The van der Waals surface area contributed by atoms with Crippen LogP contribution in [0.15, 0.2) is 85.1 Å². The number of aliphatic hydroxyl groups is 1. The largest absolute Gasteiger partial charge is 0.472 e. The second-order valence-electron chi connectivity index (χ2n) is 14.5. The number of aliphatic hydroxyl groups excluding tert-OH is 1. The molecule has 0 saturated carbocycles. The lowest BCUT2D eigenvalue weighted by atomic mass is 10.1. The third-order valence-electron chi connectivity index (χ3n) is 9.18. The lowest BCUT2D eigenvalue weighted by Crippen LogP contribution is -2.45. The number of nitrogens with two attached hydrogens (primary N) is 1. The van der Waals surface area contributed by atoms with Crippen molar-refractivity contribution < 1.29 is 28.4 Å². The SMILES string of the molecule is CC/C=C\C/C=C\C/C=C\C/C=C\CCCCCCCCC(=O)NC(COP(=O)(O)OCCN)C(O)/C=C/CC/C=C/CC/C=C/CCCCCCCCCC. The molecule has 0 aromatic carbocycles. The van der Waals surface area contributed by atoms with E-state index in [2.05, 4.69) is 92.1 Å². The molecule has 0 aromatic heterocycles. The van der Waals surface area contributed by atoms with Crippen LogP contribution < -0.4 is 11.1 Å². The van der Waals surface area contributed by atoms with E-state index in [0.29, 0.717) is 6.42 Å². The number of unbranched alkanes of at least 4 members (excludes halogenated alkanes) is 16. The molecule has 322 valence electrons. The first-order valence-corrected chi connectivity index (χ1v) is 23.7. The van der Waals surface area contributed by atoms with Crippen molar-refractivity contribution in [2.45, 2.75) is 187 Å². The Morgan fingerprint density at radius 2 is 1.05 bits per heavy atom. The molecule has 1 amide bonds. The monoisotopic (exact) mass is 803 g/mol. The molecular weight excluding hydrogens is 719 g/mol. The van der Waals surface area contributed by atoms with Gasteiger partial charge in [0.05, 0.1) is 25.4 Å². The minimum atomic E-state index is -4.36. The number of hydrogen-bond donors (Lipinski definition) is 4. The molecule has 0 saturated heterocycles. The summed E-state index contributed by atoms with van der Waals surface area (Å²) >= 11 is 0. The van der Waals surface area contributed by atoms with Crippen LogP contribution in [-0.2, 0) is 18.4 Å². The topological polar surface area (TPSA) is 131 Å². The first-order valence-electron chi connectivity index (χ1n) is 22.2. The second-order valence-corrected chi connectivity index (χ2v) is 16.0. The molecule has 0 aliphatic heterocycles. The number of amides is 1. The summed E-state index contributed by atoms with van der Waals surface area (Å²) < 4.78 is 22.1. The summed E-state index contributed by atoms with van der Waals surface area (Å²) in [6.07, 6.45) is 56.3. The third-order valence-corrected chi connectivity index (χ3v) is 10.2. The zero-order valence-corrected chi connectivity index (χ0v) is 36.5. The Bertz CT molecular complexity index is 1150. The van der Waals surface area contributed by atoms with Gasteiger partial charge in [-0.3, -0.25) is 13.8 Å². The Morgan fingerprint density at radius 3 is 1.59 bits per heavy atom. The van der Waals surface area contributed by atoms with Crippen molar-refractivity contribution in [3.05, 3.63) is 85.1 Å². The number of hydrogen-bond acceptors (Lipinski definition) is 6. The van der Waals surface area contributed by atoms with E-state index in [9.17, 15) is 19.4 Å². The number of phosphoric ester groups is 1. The molecule has 5 N–H and O–H groups in total. The lowest BCUT2D eigenvalue weighted by Gasteiger charge is -2.23. The highest BCUT2D eigenvalue weighted by molar-refractivity contribution is 7.47. The molecule has 8 nitrogen and oxygen atoms in total. The Labute approximate surface area is 343 Å². The zero-order chi connectivity index (χ0) is 41.1.